The molecule has 0 aliphatic heterocycles. The molecule has 5 heteroatoms. The van der Waals surface area contributed by atoms with Gasteiger partial charge in [-0.05, 0) is 31.0 Å². The highest BCUT2D eigenvalue weighted by Gasteiger charge is 2.10. The fraction of sp³-hybridized carbons (Fsp3) is 0.250. The third kappa shape index (κ3) is 3.23. The molecule has 2 aromatic heterocycles. The Morgan fingerprint density at radius 2 is 2.05 bits per heavy atom. The summed E-state index contributed by atoms with van der Waals surface area (Å²) in [5.41, 5.74) is 1.28. The predicted molar refractivity (Wildman–Crippen MR) is 92.5 cm³/mol. The number of nitrogens with zero attached hydrogens (tertiary/aromatic N) is 2. The summed E-state index contributed by atoms with van der Waals surface area (Å²) in [6, 6.07) is 10.4. The average Bonchev–Trinajstić information content (AvgIpc) is 2.90. The maximum absolute atomic E-state index is 6.29. The number of hydrogen-bond donors (Lipinski definition) is 0. The molecule has 0 spiro atoms. The van der Waals surface area contributed by atoms with Gasteiger partial charge < -0.3 is 0 Å². The summed E-state index contributed by atoms with van der Waals surface area (Å²) in [5.74, 6) is 1.53. The summed E-state index contributed by atoms with van der Waals surface area (Å²) in [6.07, 6.45) is 1.00. The van der Waals surface area contributed by atoms with E-state index >= 15 is 0 Å². The molecule has 0 saturated heterocycles. The van der Waals surface area contributed by atoms with Crippen molar-refractivity contribution in [1.29, 1.82) is 0 Å². The van der Waals surface area contributed by atoms with Gasteiger partial charge in [-0.25, -0.2) is 9.97 Å². The zero-order valence-electron chi connectivity index (χ0n) is 11.9. The third-order valence-corrected chi connectivity index (χ3v) is 5.88. The summed E-state index contributed by atoms with van der Waals surface area (Å²) < 4.78 is 0. The van der Waals surface area contributed by atoms with Crippen LogP contribution in [0.4, 0.5) is 0 Å². The second kappa shape index (κ2) is 6.34. The molecule has 0 aliphatic carbocycles. The van der Waals surface area contributed by atoms with Gasteiger partial charge in [-0.15, -0.1) is 23.1 Å². The predicted octanol–water partition coefficient (Wildman–Crippen LogP) is 5.51. The first-order chi connectivity index (χ1) is 10.2. The van der Waals surface area contributed by atoms with Crippen LogP contribution < -0.4 is 0 Å². The minimum absolute atomic E-state index is 0.566. The van der Waals surface area contributed by atoms with E-state index in [4.69, 9.17) is 11.6 Å². The first-order valence-electron chi connectivity index (χ1n) is 6.80. The Balaban J connectivity index is 1.86. The Morgan fingerprint density at radius 1 is 1.24 bits per heavy atom. The molecule has 0 amide bonds. The van der Waals surface area contributed by atoms with Crippen LogP contribution in [0.5, 0.6) is 0 Å². The molecule has 21 heavy (non-hydrogen) atoms. The largest absolute Gasteiger partial charge is 0.221 e. The van der Waals surface area contributed by atoms with E-state index in [0.29, 0.717) is 5.15 Å². The molecule has 0 atom stereocenters. The van der Waals surface area contributed by atoms with E-state index in [1.165, 1.54) is 15.3 Å². The van der Waals surface area contributed by atoms with Crippen LogP contribution in [0, 0.1) is 6.92 Å². The van der Waals surface area contributed by atoms with Gasteiger partial charge in [0.1, 0.15) is 15.8 Å². The lowest BCUT2D eigenvalue weighted by Gasteiger charge is -2.05. The monoisotopic (exact) mass is 334 g/mol. The van der Waals surface area contributed by atoms with Crippen molar-refractivity contribution in [2.45, 2.75) is 30.9 Å². The average molecular weight is 335 g/mol. The lowest BCUT2D eigenvalue weighted by Crippen LogP contribution is -1.93. The topological polar surface area (TPSA) is 25.8 Å². The minimum atomic E-state index is 0.566. The SMILES string of the molecule is CCc1cc2c(Cl)nc(CSc3ccccc3C)nc2s1. The van der Waals surface area contributed by atoms with Crippen molar-refractivity contribution in [3.8, 4) is 0 Å². The zero-order valence-corrected chi connectivity index (χ0v) is 14.3. The molecule has 2 nitrogen and oxygen atoms in total. The van der Waals surface area contributed by atoms with E-state index < -0.39 is 0 Å². The highest BCUT2D eigenvalue weighted by molar-refractivity contribution is 7.98. The van der Waals surface area contributed by atoms with Crippen LogP contribution in [0.3, 0.4) is 0 Å². The summed E-state index contributed by atoms with van der Waals surface area (Å²) in [5, 5.41) is 1.54. The number of hydrogen-bond acceptors (Lipinski definition) is 4. The molecular weight excluding hydrogens is 320 g/mol. The molecule has 3 aromatic rings. The van der Waals surface area contributed by atoms with Gasteiger partial charge in [0, 0.05) is 15.2 Å². The second-order valence-corrected chi connectivity index (χ2v) is 7.26. The standard InChI is InChI=1S/C16H15ClN2S2/c1-3-11-8-12-15(17)18-14(19-16(12)21-11)9-20-13-7-5-4-6-10(13)2/h4-8H,3,9H2,1-2H3. The summed E-state index contributed by atoms with van der Waals surface area (Å²) >= 11 is 9.75. The summed E-state index contributed by atoms with van der Waals surface area (Å²) in [4.78, 5) is 12.6. The number of rotatable bonds is 4. The number of thiophene rings is 1. The molecule has 0 radical (unpaired) electrons. The number of aryl methyl sites for hydroxylation is 2. The smallest absolute Gasteiger partial charge is 0.142 e. The summed E-state index contributed by atoms with van der Waals surface area (Å²) in [7, 11) is 0. The van der Waals surface area contributed by atoms with Gasteiger partial charge in [0.15, 0.2) is 0 Å². The Morgan fingerprint density at radius 3 is 2.81 bits per heavy atom. The van der Waals surface area contributed by atoms with Gasteiger partial charge in [-0.3, -0.25) is 0 Å². The number of aromatic nitrogens is 2. The second-order valence-electron chi connectivity index (χ2n) is 4.77. The van der Waals surface area contributed by atoms with Gasteiger partial charge in [0.05, 0.1) is 5.75 Å². The van der Waals surface area contributed by atoms with Crippen LogP contribution in [-0.4, -0.2) is 9.97 Å². The Bertz CT molecular complexity index is 783. The maximum atomic E-state index is 6.29. The molecule has 108 valence electrons. The fourth-order valence-corrected chi connectivity index (χ4v) is 4.25. The van der Waals surface area contributed by atoms with Crippen molar-refractivity contribution in [3.05, 3.63) is 51.7 Å². The molecular formula is C16H15ClN2S2. The molecule has 0 aliphatic rings. The van der Waals surface area contributed by atoms with Crippen molar-refractivity contribution in [2.75, 3.05) is 0 Å². The van der Waals surface area contributed by atoms with Gasteiger partial charge in [0.2, 0.25) is 0 Å². The van der Waals surface area contributed by atoms with Crippen LogP contribution in [0.1, 0.15) is 23.2 Å². The Hall–Kier alpha value is -1.10. The quantitative estimate of drug-likeness (QED) is 0.465. The molecule has 1 aromatic carbocycles. The molecule has 0 saturated carbocycles. The summed E-state index contributed by atoms with van der Waals surface area (Å²) in [6.45, 7) is 4.26. The first-order valence-corrected chi connectivity index (χ1v) is 8.98. The van der Waals surface area contributed by atoms with Crippen molar-refractivity contribution < 1.29 is 0 Å². The third-order valence-electron chi connectivity index (χ3n) is 3.24. The minimum Gasteiger partial charge on any atom is -0.221 e. The van der Waals surface area contributed by atoms with Gasteiger partial charge in [0.25, 0.3) is 0 Å². The van der Waals surface area contributed by atoms with E-state index in [2.05, 4.69) is 54.1 Å². The normalized spacial score (nSPS) is 11.2. The van der Waals surface area contributed by atoms with Crippen LogP contribution in [0.15, 0.2) is 35.2 Å². The first kappa shape index (κ1) is 14.8. The van der Waals surface area contributed by atoms with Crippen LogP contribution in [0.2, 0.25) is 5.15 Å². The van der Waals surface area contributed by atoms with E-state index in [9.17, 15) is 0 Å². The van der Waals surface area contributed by atoms with Gasteiger partial charge in [-0.1, -0.05) is 36.7 Å². The molecule has 2 heterocycles. The fourth-order valence-electron chi connectivity index (χ4n) is 2.08. The number of benzene rings is 1. The van der Waals surface area contributed by atoms with E-state index in [0.717, 1.165) is 28.2 Å². The number of fused-ring (bicyclic) bond motifs is 1. The maximum Gasteiger partial charge on any atom is 0.142 e. The Kier molecular flexibility index (Phi) is 4.48. The highest BCUT2D eigenvalue weighted by Crippen LogP contribution is 2.31. The van der Waals surface area contributed by atoms with Gasteiger partial charge >= 0.3 is 0 Å². The van der Waals surface area contributed by atoms with E-state index in [1.807, 2.05) is 0 Å². The van der Waals surface area contributed by atoms with Gasteiger partial charge in [-0.2, -0.15) is 0 Å². The van der Waals surface area contributed by atoms with Crippen LogP contribution in [-0.2, 0) is 12.2 Å². The van der Waals surface area contributed by atoms with Crippen molar-refractivity contribution >= 4 is 44.9 Å². The molecule has 0 fully saturated rings. The molecule has 0 bridgehead atoms. The number of halogens is 1. The van der Waals surface area contributed by atoms with Crippen molar-refractivity contribution in [1.82, 2.24) is 9.97 Å². The number of thioether (sulfide) groups is 1. The lowest BCUT2D eigenvalue weighted by atomic mass is 10.2. The molecule has 0 unspecified atom stereocenters. The van der Waals surface area contributed by atoms with E-state index in [-0.39, 0.29) is 0 Å². The molecule has 3 rings (SSSR count). The highest BCUT2D eigenvalue weighted by atomic mass is 35.5. The van der Waals surface area contributed by atoms with Crippen LogP contribution in [0.25, 0.3) is 10.2 Å². The molecule has 0 N–H and O–H groups in total. The van der Waals surface area contributed by atoms with Crippen LogP contribution >= 0.6 is 34.7 Å². The van der Waals surface area contributed by atoms with E-state index in [1.54, 1.807) is 23.1 Å². The lowest BCUT2D eigenvalue weighted by molar-refractivity contribution is 1.07. The zero-order chi connectivity index (χ0) is 14.8. The Labute approximate surface area is 137 Å². The van der Waals surface area contributed by atoms with Crippen molar-refractivity contribution in [3.63, 3.8) is 0 Å². The van der Waals surface area contributed by atoms with Crippen molar-refractivity contribution in [2.24, 2.45) is 0 Å².